The van der Waals surface area contributed by atoms with E-state index in [2.05, 4.69) is 92.5 Å². The van der Waals surface area contributed by atoms with Crippen molar-refractivity contribution in [2.75, 3.05) is 11.4 Å². The van der Waals surface area contributed by atoms with E-state index in [1.54, 1.807) is 0 Å². The lowest BCUT2D eigenvalue weighted by Crippen LogP contribution is -2.68. The van der Waals surface area contributed by atoms with Crippen LogP contribution in [0.15, 0.2) is 48.5 Å². The Morgan fingerprint density at radius 2 is 1.88 bits per heavy atom. The van der Waals surface area contributed by atoms with E-state index < -0.39 is 5.66 Å². The molecule has 1 amide bonds. The normalized spacial score (nSPS) is 23.7. The van der Waals surface area contributed by atoms with E-state index in [0.29, 0.717) is 6.42 Å². The Morgan fingerprint density at radius 3 is 2.65 bits per heavy atom. The fourth-order valence-electron chi connectivity index (χ4n) is 4.45. The number of hydrogen-bond donors (Lipinski definition) is 1. The molecule has 26 heavy (non-hydrogen) atoms. The van der Waals surface area contributed by atoms with Crippen molar-refractivity contribution in [2.24, 2.45) is 0 Å². The van der Waals surface area contributed by atoms with E-state index in [9.17, 15) is 4.79 Å². The lowest BCUT2D eigenvalue weighted by Gasteiger charge is -2.49. The van der Waals surface area contributed by atoms with Gasteiger partial charge in [-0.1, -0.05) is 61.9 Å². The number of benzene rings is 2. The maximum atomic E-state index is 12.4. The molecular formula is C23H26N2O. The maximum Gasteiger partial charge on any atom is 0.223 e. The summed E-state index contributed by atoms with van der Waals surface area (Å²) in [6.07, 6.45) is 4.89. The molecule has 2 heterocycles. The molecule has 1 atom stereocenters. The van der Waals surface area contributed by atoms with Crippen LogP contribution in [-0.4, -0.2) is 18.1 Å². The van der Waals surface area contributed by atoms with Gasteiger partial charge in [0.05, 0.1) is 0 Å². The smallest absolute Gasteiger partial charge is 0.223 e. The van der Waals surface area contributed by atoms with Crippen molar-refractivity contribution in [1.82, 2.24) is 5.32 Å². The average Bonchev–Trinajstić information content (AvgIpc) is 2.79. The van der Waals surface area contributed by atoms with Crippen molar-refractivity contribution in [1.29, 1.82) is 0 Å². The van der Waals surface area contributed by atoms with Gasteiger partial charge >= 0.3 is 0 Å². The summed E-state index contributed by atoms with van der Waals surface area (Å²) in [5, 5.41) is 3.34. The highest BCUT2D eigenvalue weighted by atomic mass is 16.2. The molecule has 134 valence electrons. The summed E-state index contributed by atoms with van der Waals surface area (Å²) in [5.41, 5.74) is 5.43. The van der Waals surface area contributed by atoms with Crippen molar-refractivity contribution in [3.63, 3.8) is 0 Å². The van der Waals surface area contributed by atoms with Crippen molar-refractivity contribution in [3.8, 4) is 0 Å². The maximum absolute atomic E-state index is 12.4. The molecule has 1 N–H and O–H groups in total. The Kier molecular flexibility index (Phi) is 3.72. The molecule has 2 aliphatic rings. The third kappa shape index (κ3) is 2.30. The fraction of sp³-hybridized carbons (Fsp3) is 0.348. The van der Waals surface area contributed by atoms with Crippen molar-refractivity contribution in [2.45, 2.75) is 45.2 Å². The topological polar surface area (TPSA) is 32.3 Å². The van der Waals surface area contributed by atoms with Crippen molar-refractivity contribution in [3.05, 3.63) is 70.8 Å². The summed E-state index contributed by atoms with van der Waals surface area (Å²) in [5.74, 6) is 0.119. The molecule has 0 spiro atoms. The van der Waals surface area contributed by atoms with Gasteiger partial charge in [0.2, 0.25) is 5.91 Å². The molecule has 0 radical (unpaired) electrons. The SMILES string of the molecule is Cc1ccc2c(c1)C(C)(C)[C@]1(C=Cc3ccccc3C)NC(=O)CCN21. The lowest BCUT2D eigenvalue weighted by atomic mass is 9.74. The molecule has 0 bridgehead atoms. The second-order valence-corrected chi connectivity index (χ2v) is 8.05. The molecule has 0 aliphatic carbocycles. The summed E-state index contributed by atoms with van der Waals surface area (Å²) in [6, 6.07) is 15.0. The average molecular weight is 346 g/mol. The molecule has 0 saturated carbocycles. The van der Waals surface area contributed by atoms with Gasteiger partial charge in [-0.05, 0) is 42.7 Å². The zero-order chi connectivity index (χ0) is 18.5. The van der Waals surface area contributed by atoms with Crippen LogP contribution in [0.25, 0.3) is 6.08 Å². The minimum atomic E-state index is -0.541. The number of aryl methyl sites for hydroxylation is 2. The zero-order valence-electron chi connectivity index (χ0n) is 16.0. The second kappa shape index (κ2) is 5.73. The highest BCUT2D eigenvalue weighted by molar-refractivity contribution is 5.84. The van der Waals surface area contributed by atoms with Crippen LogP contribution >= 0.6 is 0 Å². The summed E-state index contributed by atoms with van der Waals surface area (Å²) in [7, 11) is 0. The second-order valence-electron chi connectivity index (χ2n) is 8.05. The molecule has 3 nitrogen and oxygen atoms in total. The molecule has 0 unspecified atom stereocenters. The summed E-state index contributed by atoms with van der Waals surface area (Å²) >= 11 is 0. The predicted molar refractivity (Wildman–Crippen MR) is 107 cm³/mol. The van der Waals surface area contributed by atoms with Gasteiger partial charge in [-0.3, -0.25) is 4.79 Å². The van der Waals surface area contributed by atoms with Gasteiger partial charge in [-0.2, -0.15) is 0 Å². The third-order valence-electron chi connectivity index (χ3n) is 6.08. The van der Waals surface area contributed by atoms with Gasteiger partial charge < -0.3 is 10.2 Å². The van der Waals surface area contributed by atoms with E-state index in [1.807, 2.05) is 0 Å². The number of anilines is 1. The molecule has 1 fully saturated rings. The first-order valence-electron chi connectivity index (χ1n) is 9.30. The highest BCUT2D eigenvalue weighted by Gasteiger charge is 2.57. The third-order valence-corrected chi connectivity index (χ3v) is 6.08. The molecule has 0 aromatic heterocycles. The monoisotopic (exact) mass is 346 g/mol. The number of carbonyl (C=O) groups is 1. The van der Waals surface area contributed by atoms with E-state index in [0.717, 1.165) is 6.54 Å². The minimum absolute atomic E-state index is 0.119. The fourth-order valence-corrected chi connectivity index (χ4v) is 4.45. The van der Waals surface area contributed by atoms with Gasteiger partial charge in [-0.15, -0.1) is 0 Å². The van der Waals surface area contributed by atoms with E-state index in [-0.39, 0.29) is 11.3 Å². The largest absolute Gasteiger partial charge is 0.344 e. The van der Waals surface area contributed by atoms with Crippen LogP contribution in [0.3, 0.4) is 0 Å². The number of nitrogens with zero attached hydrogens (tertiary/aromatic N) is 1. The van der Waals surface area contributed by atoms with Crippen LogP contribution in [0.4, 0.5) is 5.69 Å². The minimum Gasteiger partial charge on any atom is -0.344 e. The van der Waals surface area contributed by atoms with E-state index >= 15 is 0 Å². The Balaban J connectivity index is 1.88. The summed E-state index contributed by atoms with van der Waals surface area (Å²) in [4.78, 5) is 14.8. The molecule has 4 rings (SSSR count). The first-order chi connectivity index (χ1) is 12.3. The first-order valence-corrected chi connectivity index (χ1v) is 9.30. The number of hydrogen-bond acceptors (Lipinski definition) is 2. The quantitative estimate of drug-likeness (QED) is 0.878. The van der Waals surface area contributed by atoms with Crippen molar-refractivity contribution < 1.29 is 4.79 Å². The number of carbonyl (C=O) groups excluding carboxylic acids is 1. The van der Waals surface area contributed by atoms with Crippen LogP contribution in [0, 0.1) is 13.8 Å². The summed E-state index contributed by atoms with van der Waals surface area (Å²) in [6.45, 7) is 9.45. The Morgan fingerprint density at radius 1 is 1.12 bits per heavy atom. The van der Waals surface area contributed by atoms with E-state index in [1.165, 1.54) is 27.9 Å². The first kappa shape index (κ1) is 16.9. The predicted octanol–water partition coefficient (Wildman–Crippen LogP) is 4.33. The Bertz CT molecular complexity index is 912. The van der Waals surface area contributed by atoms with Gasteiger partial charge in [0.25, 0.3) is 0 Å². The van der Waals surface area contributed by atoms with Gasteiger partial charge in [0.1, 0.15) is 5.66 Å². The number of nitrogens with one attached hydrogen (secondary N) is 1. The van der Waals surface area contributed by atoms with Crippen LogP contribution in [0.5, 0.6) is 0 Å². The van der Waals surface area contributed by atoms with Crippen LogP contribution < -0.4 is 10.2 Å². The molecule has 2 aromatic rings. The van der Waals surface area contributed by atoms with Gasteiger partial charge in [0.15, 0.2) is 0 Å². The standard InChI is InChI=1S/C23H26N2O/c1-16-9-10-20-19(15-16)22(3,4)23(24-21(26)12-14-25(20)23)13-11-18-8-6-5-7-17(18)2/h5-11,13,15H,12,14H2,1-4H3,(H,24,26)/t23-/m1/s1. The van der Waals surface area contributed by atoms with Crippen LogP contribution in [-0.2, 0) is 10.2 Å². The molecule has 1 saturated heterocycles. The molecule has 3 heteroatoms. The van der Waals surface area contributed by atoms with Gasteiger partial charge in [0, 0.05) is 24.1 Å². The summed E-state index contributed by atoms with van der Waals surface area (Å²) < 4.78 is 0. The van der Waals surface area contributed by atoms with Crippen LogP contribution in [0.1, 0.15) is 42.5 Å². The van der Waals surface area contributed by atoms with E-state index in [4.69, 9.17) is 0 Å². The number of rotatable bonds is 2. The zero-order valence-corrected chi connectivity index (χ0v) is 16.0. The molecular weight excluding hydrogens is 320 g/mol. The number of amides is 1. The Labute approximate surface area is 155 Å². The lowest BCUT2D eigenvalue weighted by molar-refractivity contribution is -0.124. The van der Waals surface area contributed by atoms with Crippen molar-refractivity contribution >= 4 is 17.7 Å². The van der Waals surface area contributed by atoms with Gasteiger partial charge in [-0.25, -0.2) is 0 Å². The highest BCUT2D eigenvalue weighted by Crippen LogP contribution is 2.52. The van der Waals surface area contributed by atoms with Crippen LogP contribution in [0.2, 0.25) is 0 Å². The Hall–Kier alpha value is -2.55. The number of fused-ring (bicyclic) bond motifs is 3. The molecule has 2 aromatic carbocycles. The molecule has 2 aliphatic heterocycles.